The van der Waals surface area contributed by atoms with E-state index in [1.807, 2.05) is 44.9 Å². The van der Waals surface area contributed by atoms with Gasteiger partial charge in [-0.25, -0.2) is 25.9 Å². The van der Waals surface area contributed by atoms with Gasteiger partial charge in [-0.1, -0.05) is 12.1 Å². The number of nitrogens with zero attached hydrogens (tertiary/aromatic N) is 3. The van der Waals surface area contributed by atoms with Crippen LogP contribution >= 0.6 is 0 Å². The van der Waals surface area contributed by atoms with Crippen molar-refractivity contribution in [2.24, 2.45) is 0 Å². The summed E-state index contributed by atoms with van der Waals surface area (Å²) >= 11 is 0. The molecule has 0 unspecified atom stereocenters. The molecule has 0 spiro atoms. The Balaban J connectivity index is 1.74. The summed E-state index contributed by atoms with van der Waals surface area (Å²) < 4.78 is 60.0. The lowest BCUT2D eigenvalue weighted by Gasteiger charge is -2.38. The lowest BCUT2D eigenvalue weighted by Crippen LogP contribution is -2.47. The molecule has 37 heavy (non-hydrogen) atoms. The van der Waals surface area contributed by atoms with Gasteiger partial charge in [-0.3, -0.25) is 4.72 Å². The summed E-state index contributed by atoms with van der Waals surface area (Å²) in [6.07, 6.45) is 1.09. The van der Waals surface area contributed by atoms with E-state index < -0.39 is 25.6 Å². The topological polar surface area (TPSA) is 116 Å². The molecule has 0 aliphatic carbocycles. The van der Waals surface area contributed by atoms with Crippen molar-refractivity contribution in [1.82, 2.24) is 9.21 Å². The molecule has 2 aromatic rings. The Morgan fingerprint density at radius 2 is 1.46 bits per heavy atom. The number of carbonyl (C=O) groups excluding carboxylic acids is 1. The average Bonchev–Trinajstić information content (AvgIpc) is 2.83. The minimum Gasteiger partial charge on any atom is -0.444 e. The lowest BCUT2D eigenvalue weighted by atomic mass is 10.0. The van der Waals surface area contributed by atoms with Crippen molar-refractivity contribution >= 4 is 37.5 Å². The minimum absolute atomic E-state index is 0.00862. The Kier molecular flexibility index (Phi) is 8.45. The lowest BCUT2D eigenvalue weighted by molar-refractivity contribution is 0.0205. The molecule has 1 fully saturated rings. The molecule has 12 heteroatoms. The standard InChI is InChI=1S/C25H36N4O6S2/c1-25(2,3)35-24(30)29-17-15-19(16-18-29)28(6)23-10-8-7-9-22(23)26-36(31,32)20-11-13-21(14-12-20)37(33,34)27(4)5/h7-14,19,26H,15-18H2,1-6H3. The SMILES string of the molecule is CN(c1ccccc1NS(=O)(=O)c1ccc(S(=O)(=O)N(C)C)cc1)C1CCN(C(=O)OC(C)(C)C)CC1. The second kappa shape index (κ2) is 10.9. The third-order valence-corrected chi connectivity index (χ3v) is 9.32. The Bertz CT molecular complexity index is 1310. The van der Waals surface area contributed by atoms with Crippen molar-refractivity contribution in [3.63, 3.8) is 0 Å². The fourth-order valence-corrected chi connectivity index (χ4v) is 6.01. The molecule has 1 saturated heterocycles. The largest absolute Gasteiger partial charge is 0.444 e. The highest BCUT2D eigenvalue weighted by Crippen LogP contribution is 2.31. The number of anilines is 2. The molecule has 0 saturated carbocycles. The van der Waals surface area contributed by atoms with Crippen LogP contribution in [0.5, 0.6) is 0 Å². The number of nitrogens with one attached hydrogen (secondary N) is 1. The molecule has 0 aromatic heterocycles. The van der Waals surface area contributed by atoms with E-state index in [0.717, 1.165) is 4.31 Å². The summed E-state index contributed by atoms with van der Waals surface area (Å²) in [7, 11) is -2.91. The van der Waals surface area contributed by atoms with Gasteiger partial charge >= 0.3 is 6.09 Å². The van der Waals surface area contributed by atoms with Crippen LogP contribution in [-0.4, -0.2) is 78.0 Å². The van der Waals surface area contributed by atoms with E-state index in [1.165, 1.54) is 38.4 Å². The molecular weight excluding hydrogens is 516 g/mol. The van der Waals surface area contributed by atoms with E-state index in [1.54, 1.807) is 17.0 Å². The molecular formula is C25H36N4O6S2. The highest BCUT2D eigenvalue weighted by atomic mass is 32.2. The Morgan fingerprint density at radius 1 is 0.919 bits per heavy atom. The summed E-state index contributed by atoms with van der Waals surface area (Å²) in [6.45, 7) is 6.59. The van der Waals surface area contributed by atoms with Crippen LogP contribution < -0.4 is 9.62 Å². The van der Waals surface area contributed by atoms with Crippen LogP contribution in [-0.2, 0) is 24.8 Å². The van der Waals surface area contributed by atoms with Gasteiger partial charge in [0.2, 0.25) is 10.0 Å². The van der Waals surface area contributed by atoms with Crippen LogP contribution in [0.15, 0.2) is 58.3 Å². The second-order valence-corrected chi connectivity index (χ2v) is 14.0. The average molecular weight is 553 g/mol. The van der Waals surface area contributed by atoms with Gasteiger partial charge in [0.1, 0.15) is 5.60 Å². The molecule has 0 atom stereocenters. The fourth-order valence-electron chi connectivity index (χ4n) is 4.03. The molecule has 1 N–H and O–H groups in total. The molecule has 2 aromatic carbocycles. The first-order valence-corrected chi connectivity index (χ1v) is 14.9. The van der Waals surface area contributed by atoms with Gasteiger partial charge in [0.15, 0.2) is 0 Å². The van der Waals surface area contributed by atoms with Crippen molar-refractivity contribution in [2.45, 2.75) is 55.0 Å². The monoisotopic (exact) mass is 552 g/mol. The van der Waals surface area contributed by atoms with Crippen molar-refractivity contribution in [3.05, 3.63) is 48.5 Å². The van der Waals surface area contributed by atoms with Gasteiger partial charge in [0.25, 0.3) is 10.0 Å². The van der Waals surface area contributed by atoms with E-state index in [9.17, 15) is 21.6 Å². The highest BCUT2D eigenvalue weighted by molar-refractivity contribution is 7.92. The van der Waals surface area contributed by atoms with E-state index in [2.05, 4.69) is 4.72 Å². The number of hydrogen-bond acceptors (Lipinski definition) is 7. The smallest absolute Gasteiger partial charge is 0.410 e. The summed E-state index contributed by atoms with van der Waals surface area (Å²) in [5.74, 6) is 0. The van der Waals surface area contributed by atoms with Gasteiger partial charge in [-0.2, -0.15) is 0 Å². The van der Waals surface area contributed by atoms with Gasteiger partial charge in [0.05, 0.1) is 21.2 Å². The first-order chi connectivity index (χ1) is 17.1. The zero-order valence-electron chi connectivity index (χ0n) is 22.1. The minimum atomic E-state index is -3.97. The maximum atomic E-state index is 13.1. The molecule has 0 bridgehead atoms. The maximum Gasteiger partial charge on any atom is 0.410 e. The molecule has 1 aliphatic rings. The number of para-hydroxylation sites is 2. The summed E-state index contributed by atoms with van der Waals surface area (Å²) in [5, 5.41) is 0. The summed E-state index contributed by atoms with van der Waals surface area (Å²) in [4.78, 5) is 16.1. The van der Waals surface area contributed by atoms with E-state index in [4.69, 9.17) is 4.74 Å². The van der Waals surface area contributed by atoms with Gasteiger partial charge in [0, 0.05) is 40.3 Å². The van der Waals surface area contributed by atoms with Crippen LogP contribution in [0.4, 0.5) is 16.2 Å². The Labute approximate surface area is 220 Å². The fraction of sp³-hybridized carbons (Fsp3) is 0.480. The van der Waals surface area contributed by atoms with Gasteiger partial charge < -0.3 is 14.5 Å². The van der Waals surface area contributed by atoms with Crippen LogP contribution in [0.2, 0.25) is 0 Å². The zero-order chi connectivity index (χ0) is 27.6. The van der Waals surface area contributed by atoms with E-state index in [-0.39, 0.29) is 21.9 Å². The molecule has 10 nitrogen and oxygen atoms in total. The third kappa shape index (κ3) is 6.93. The summed E-state index contributed by atoms with van der Waals surface area (Å²) in [5.41, 5.74) is 0.556. The molecule has 1 amide bonds. The summed E-state index contributed by atoms with van der Waals surface area (Å²) in [6, 6.07) is 12.3. The molecule has 3 rings (SSSR count). The number of sulfonamides is 2. The second-order valence-electron chi connectivity index (χ2n) is 10.2. The number of carbonyl (C=O) groups is 1. The van der Waals surface area contributed by atoms with Gasteiger partial charge in [-0.15, -0.1) is 0 Å². The van der Waals surface area contributed by atoms with Crippen molar-refractivity contribution in [1.29, 1.82) is 0 Å². The molecule has 0 radical (unpaired) electrons. The first-order valence-electron chi connectivity index (χ1n) is 12.0. The van der Waals surface area contributed by atoms with Crippen molar-refractivity contribution in [2.75, 3.05) is 43.9 Å². The molecule has 204 valence electrons. The third-order valence-electron chi connectivity index (χ3n) is 6.10. The predicted molar refractivity (Wildman–Crippen MR) is 144 cm³/mol. The maximum absolute atomic E-state index is 13.1. The molecule has 1 heterocycles. The quantitative estimate of drug-likeness (QED) is 0.558. The first kappa shape index (κ1) is 28.7. The van der Waals surface area contributed by atoms with E-state index >= 15 is 0 Å². The van der Waals surface area contributed by atoms with Gasteiger partial charge in [-0.05, 0) is 70.0 Å². The number of likely N-dealkylation sites (tertiary alicyclic amines) is 1. The van der Waals surface area contributed by atoms with Crippen LogP contribution in [0.25, 0.3) is 0 Å². The number of ether oxygens (including phenoxy) is 1. The predicted octanol–water partition coefficient (Wildman–Crippen LogP) is 3.57. The van der Waals surface area contributed by atoms with Crippen molar-refractivity contribution in [3.8, 4) is 0 Å². The molecule has 1 aliphatic heterocycles. The number of piperidine rings is 1. The number of amides is 1. The van der Waals surface area contributed by atoms with Crippen molar-refractivity contribution < 1.29 is 26.4 Å². The number of hydrogen-bond donors (Lipinski definition) is 1. The number of rotatable bonds is 7. The van der Waals surface area contributed by atoms with Crippen LogP contribution in [0.1, 0.15) is 33.6 Å². The normalized spacial score (nSPS) is 15.5. The Morgan fingerprint density at radius 3 is 2.00 bits per heavy atom. The Hall–Kier alpha value is -2.83. The van der Waals surface area contributed by atoms with Crippen LogP contribution in [0, 0.1) is 0 Å². The van der Waals surface area contributed by atoms with Crippen LogP contribution in [0.3, 0.4) is 0 Å². The zero-order valence-corrected chi connectivity index (χ0v) is 23.8. The van der Waals surface area contributed by atoms with E-state index in [0.29, 0.717) is 37.3 Å². The highest BCUT2D eigenvalue weighted by Gasteiger charge is 2.29. The number of benzene rings is 2.